The lowest BCUT2D eigenvalue weighted by Crippen LogP contribution is -2.20. The van der Waals surface area contributed by atoms with Gasteiger partial charge >= 0.3 is 0 Å². The van der Waals surface area contributed by atoms with Crippen molar-refractivity contribution in [3.8, 4) is 0 Å². The van der Waals surface area contributed by atoms with Crippen LogP contribution >= 0.6 is 44.2 Å². The Bertz CT molecular complexity index is 337. The normalized spacial score (nSPS) is 20.8. The molecule has 0 fully saturated rings. The highest BCUT2D eigenvalue weighted by atomic mass is 79.9. The number of hydrogen-bond donors (Lipinski definition) is 0. The van der Waals surface area contributed by atoms with Gasteiger partial charge in [0.1, 0.15) is 0 Å². The van der Waals surface area contributed by atoms with Crippen LogP contribution in [-0.2, 0) is 6.42 Å². The van der Waals surface area contributed by atoms with Gasteiger partial charge in [-0.2, -0.15) is 0 Å². The van der Waals surface area contributed by atoms with Crippen molar-refractivity contribution >= 4 is 50.0 Å². The Kier molecular flexibility index (Phi) is 3.65. The van der Waals surface area contributed by atoms with E-state index < -0.39 is 0 Å². The van der Waals surface area contributed by atoms with E-state index in [9.17, 15) is 4.79 Å². The van der Waals surface area contributed by atoms with Gasteiger partial charge < -0.3 is 0 Å². The summed E-state index contributed by atoms with van der Waals surface area (Å²) in [4.78, 5) is 16.7. The minimum atomic E-state index is 0. The first-order valence-electron chi connectivity index (χ1n) is 3.83. The molecule has 1 aromatic heterocycles. The fourth-order valence-electron chi connectivity index (χ4n) is 1.37. The molecule has 0 saturated carbocycles. The lowest BCUT2D eigenvalue weighted by molar-refractivity contribution is 0.0985. The molecular weight excluding hydrogens is 318 g/mol. The molecule has 1 heterocycles. The molecule has 0 saturated heterocycles. The van der Waals surface area contributed by atoms with E-state index in [1.54, 1.807) is 0 Å². The topological polar surface area (TPSA) is 30.0 Å². The number of rotatable bonds is 0. The molecule has 0 aromatic carbocycles. The van der Waals surface area contributed by atoms with Crippen LogP contribution in [0.2, 0.25) is 0 Å². The van der Waals surface area contributed by atoms with Crippen molar-refractivity contribution in [2.24, 2.45) is 0 Å². The average Bonchev–Trinajstić information content (AvgIpc) is 2.39. The molecule has 0 N–H and O–H groups in total. The number of ketones is 1. The van der Waals surface area contributed by atoms with Crippen molar-refractivity contribution in [2.75, 3.05) is 0 Å². The SMILES string of the molecule is Br.Cc1nc2c(s1)C(=O)C(Br)CC2. The lowest BCUT2D eigenvalue weighted by Gasteiger charge is -2.13. The zero-order valence-electron chi connectivity index (χ0n) is 7.04. The number of fused-ring (bicyclic) bond motifs is 1. The van der Waals surface area contributed by atoms with Crippen LogP contribution in [0.3, 0.4) is 0 Å². The molecule has 1 atom stereocenters. The molecule has 72 valence electrons. The van der Waals surface area contributed by atoms with Crippen molar-refractivity contribution in [1.29, 1.82) is 0 Å². The second kappa shape index (κ2) is 4.19. The Hall–Kier alpha value is 0.260. The first-order valence-corrected chi connectivity index (χ1v) is 5.56. The molecule has 0 spiro atoms. The van der Waals surface area contributed by atoms with E-state index in [2.05, 4.69) is 20.9 Å². The summed E-state index contributed by atoms with van der Waals surface area (Å²) in [6, 6.07) is 0. The van der Waals surface area contributed by atoms with Gasteiger partial charge in [-0.3, -0.25) is 4.79 Å². The highest BCUT2D eigenvalue weighted by molar-refractivity contribution is 9.10. The van der Waals surface area contributed by atoms with E-state index in [4.69, 9.17) is 0 Å². The minimum absolute atomic E-state index is 0. The van der Waals surface area contributed by atoms with Gasteiger partial charge in [-0.25, -0.2) is 4.98 Å². The van der Waals surface area contributed by atoms with Crippen molar-refractivity contribution in [1.82, 2.24) is 4.98 Å². The minimum Gasteiger partial charge on any atom is -0.292 e. The summed E-state index contributed by atoms with van der Waals surface area (Å²) in [5.41, 5.74) is 0.998. The molecule has 1 aromatic rings. The summed E-state index contributed by atoms with van der Waals surface area (Å²) >= 11 is 4.87. The van der Waals surface area contributed by atoms with Gasteiger partial charge in [0.05, 0.1) is 20.4 Å². The maximum Gasteiger partial charge on any atom is 0.188 e. The number of hydrogen-bond acceptors (Lipinski definition) is 3. The molecule has 0 bridgehead atoms. The van der Waals surface area contributed by atoms with E-state index in [0.29, 0.717) is 0 Å². The van der Waals surface area contributed by atoms with Crippen molar-refractivity contribution in [3.63, 3.8) is 0 Å². The predicted molar refractivity (Wildman–Crippen MR) is 62.5 cm³/mol. The second-order valence-corrected chi connectivity index (χ2v) is 5.19. The second-order valence-electron chi connectivity index (χ2n) is 2.88. The fraction of sp³-hybridized carbons (Fsp3) is 0.500. The van der Waals surface area contributed by atoms with Crippen LogP contribution in [0.25, 0.3) is 0 Å². The zero-order valence-corrected chi connectivity index (χ0v) is 11.2. The Balaban J connectivity index is 0.000000845. The Morgan fingerprint density at radius 2 is 2.31 bits per heavy atom. The van der Waals surface area contributed by atoms with Crippen LogP contribution in [0.4, 0.5) is 0 Å². The fourth-order valence-corrected chi connectivity index (χ4v) is 2.94. The number of aromatic nitrogens is 1. The molecule has 0 radical (unpaired) electrons. The summed E-state index contributed by atoms with van der Waals surface area (Å²) in [5, 5.41) is 0.995. The Morgan fingerprint density at radius 3 is 3.00 bits per heavy atom. The molecule has 1 unspecified atom stereocenters. The van der Waals surface area contributed by atoms with E-state index >= 15 is 0 Å². The Morgan fingerprint density at radius 1 is 1.62 bits per heavy atom. The standard InChI is InChI=1S/C8H8BrNOS.BrH/c1-4-10-6-3-2-5(9)7(11)8(6)12-4;/h5H,2-3H2,1H3;1H. The molecule has 2 nitrogen and oxygen atoms in total. The van der Waals surface area contributed by atoms with Crippen LogP contribution < -0.4 is 0 Å². The number of halogens is 2. The first kappa shape index (κ1) is 11.3. The van der Waals surface area contributed by atoms with E-state index in [1.165, 1.54) is 11.3 Å². The maximum absolute atomic E-state index is 11.6. The third-order valence-electron chi connectivity index (χ3n) is 1.95. The number of Topliss-reactive ketones (excluding diaryl/α,β-unsaturated/α-hetero) is 1. The molecule has 1 aliphatic carbocycles. The number of nitrogens with zero attached hydrogens (tertiary/aromatic N) is 1. The Labute approximate surface area is 99.7 Å². The number of carbonyl (C=O) groups is 1. The average molecular weight is 327 g/mol. The highest BCUT2D eigenvalue weighted by Crippen LogP contribution is 2.29. The van der Waals surface area contributed by atoms with Crippen molar-refractivity contribution in [3.05, 3.63) is 15.6 Å². The molecule has 1 aliphatic rings. The number of aryl methyl sites for hydroxylation is 2. The van der Waals surface area contributed by atoms with E-state index in [-0.39, 0.29) is 27.6 Å². The summed E-state index contributed by atoms with van der Waals surface area (Å²) < 4.78 is 0. The molecule has 0 aliphatic heterocycles. The lowest BCUT2D eigenvalue weighted by atomic mass is 10.0. The van der Waals surface area contributed by atoms with Gasteiger partial charge in [-0.15, -0.1) is 28.3 Å². The van der Waals surface area contributed by atoms with Crippen molar-refractivity contribution in [2.45, 2.75) is 24.6 Å². The number of thiazole rings is 1. The monoisotopic (exact) mass is 325 g/mol. The van der Waals surface area contributed by atoms with Crippen LogP contribution in [0.5, 0.6) is 0 Å². The largest absolute Gasteiger partial charge is 0.292 e. The summed E-state index contributed by atoms with van der Waals surface area (Å²) in [5.74, 6) is 0.210. The molecular formula is C8H9Br2NOS. The van der Waals surface area contributed by atoms with Crippen LogP contribution in [0, 0.1) is 6.92 Å². The van der Waals surface area contributed by atoms with Gasteiger partial charge in [0, 0.05) is 0 Å². The van der Waals surface area contributed by atoms with E-state index in [1.807, 2.05) is 6.92 Å². The summed E-state index contributed by atoms with van der Waals surface area (Å²) in [7, 11) is 0. The zero-order chi connectivity index (χ0) is 8.72. The summed E-state index contributed by atoms with van der Waals surface area (Å²) in [6.45, 7) is 1.94. The number of alkyl halides is 1. The maximum atomic E-state index is 11.6. The smallest absolute Gasteiger partial charge is 0.188 e. The third kappa shape index (κ3) is 2.02. The predicted octanol–water partition coefficient (Wildman–Crippen LogP) is 2.92. The molecule has 5 heteroatoms. The van der Waals surface area contributed by atoms with Gasteiger partial charge in [-0.05, 0) is 19.8 Å². The van der Waals surface area contributed by atoms with Crippen molar-refractivity contribution < 1.29 is 4.79 Å². The van der Waals surface area contributed by atoms with Crippen LogP contribution in [-0.4, -0.2) is 15.6 Å². The van der Waals surface area contributed by atoms with E-state index in [0.717, 1.165) is 28.4 Å². The first-order chi connectivity index (χ1) is 5.68. The van der Waals surface area contributed by atoms with Crippen LogP contribution in [0.1, 0.15) is 26.8 Å². The molecule has 13 heavy (non-hydrogen) atoms. The third-order valence-corrected chi connectivity index (χ3v) is 3.85. The molecule has 0 amide bonds. The highest BCUT2D eigenvalue weighted by Gasteiger charge is 2.27. The van der Waals surface area contributed by atoms with Gasteiger partial charge in [0.2, 0.25) is 0 Å². The van der Waals surface area contributed by atoms with Crippen LogP contribution in [0.15, 0.2) is 0 Å². The van der Waals surface area contributed by atoms with Gasteiger partial charge in [0.25, 0.3) is 0 Å². The number of carbonyl (C=O) groups excluding carboxylic acids is 1. The van der Waals surface area contributed by atoms with Gasteiger partial charge in [-0.1, -0.05) is 15.9 Å². The molecule has 2 rings (SSSR count). The summed E-state index contributed by atoms with van der Waals surface area (Å²) in [6.07, 6.45) is 1.82. The quantitative estimate of drug-likeness (QED) is 0.686. The van der Waals surface area contributed by atoms with Gasteiger partial charge in [0.15, 0.2) is 5.78 Å².